The predicted molar refractivity (Wildman–Crippen MR) is 75.6 cm³/mol. The highest BCUT2D eigenvalue weighted by Crippen LogP contribution is 2.33. The van der Waals surface area contributed by atoms with Crippen molar-refractivity contribution in [3.63, 3.8) is 0 Å². The van der Waals surface area contributed by atoms with E-state index >= 15 is 0 Å². The Hall–Kier alpha value is -2.00. The van der Waals surface area contributed by atoms with Gasteiger partial charge >= 0.3 is 0 Å². The summed E-state index contributed by atoms with van der Waals surface area (Å²) in [6.45, 7) is 0.530. The molecule has 0 aliphatic carbocycles. The second kappa shape index (κ2) is 5.65. The summed E-state index contributed by atoms with van der Waals surface area (Å²) in [4.78, 5) is 28.3. The molecule has 22 heavy (non-hydrogen) atoms. The molecular weight excluding hydrogens is 290 g/mol. The molecule has 2 N–H and O–H groups in total. The highest BCUT2D eigenvalue weighted by atomic mass is 16.8. The van der Waals surface area contributed by atoms with Crippen LogP contribution in [0.5, 0.6) is 0 Å². The third-order valence-corrected chi connectivity index (χ3v) is 4.09. The van der Waals surface area contributed by atoms with Gasteiger partial charge in [0.1, 0.15) is 12.8 Å². The van der Waals surface area contributed by atoms with E-state index in [1.807, 2.05) is 0 Å². The molecular formula is C14H17N3O5. The van der Waals surface area contributed by atoms with Gasteiger partial charge in [0.2, 0.25) is 0 Å². The Labute approximate surface area is 127 Å². The van der Waals surface area contributed by atoms with Gasteiger partial charge in [0.25, 0.3) is 11.8 Å². The average molecular weight is 307 g/mol. The standard InChI is InChI=1S/C14H17N3O5/c1-22-8-16-11-5-4-9(17(20)21)7-10(11)13(18)15-6-2-3-12(15)14(16)19/h4-5,7,12,17,20H,2-3,6,8H2,1H3. The fraction of sp³-hybridized carbons (Fsp3) is 0.429. The number of fused-ring (bicyclic) bond motifs is 2. The van der Waals surface area contributed by atoms with Gasteiger partial charge in [0, 0.05) is 25.8 Å². The van der Waals surface area contributed by atoms with Crippen molar-refractivity contribution in [1.82, 2.24) is 4.90 Å². The number of nitrogens with zero attached hydrogens (tertiary/aromatic N) is 2. The number of hydrogen-bond acceptors (Lipinski definition) is 5. The molecule has 0 bridgehead atoms. The predicted octanol–water partition coefficient (Wildman–Crippen LogP) is -0.355. The van der Waals surface area contributed by atoms with Crippen molar-refractivity contribution in [2.75, 3.05) is 25.3 Å². The lowest BCUT2D eigenvalue weighted by molar-refractivity contribution is -0.991. The van der Waals surface area contributed by atoms with E-state index in [0.29, 0.717) is 18.7 Å². The van der Waals surface area contributed by atoms with E-state index in [1.165, 1.54) is 35.1 Å². The zero-order chi connectivity index (χ0) is 15.9. The highest BCUT2D eigenvalue weighted by Gasteiger charge is 2.42. The van der Waals surface area contributed by atoms with Crippen molar-refractivity contribution in [3.05, 3.63) is 29.0 Å². The van der Waals surface area contributed by atoms with Crippen LogP contribution in [-0.4, -0.2) is 48.3 Å². The van der Waals surface area contributed by atoms with E-state index in [1.54, 1.807) is 0 Å². The van der Waals surface area contributed by atoms with E-state index < -0.39 is 11.3 Å². The van der Waals surface area contributed by atoms with Gasteiger partial charge in [0.15, 0.2) is 5.69 Å². The topological polar surface area (TPSA) is 97.6 Å². The zero-order valence-corrected chi connectivity index (χ0v) is 12.1. The van der Waals surface area contributed by atoms with E-state index in [-0.39, 0.29) is 29.8 Å². The van der Waals surface area contributed by atoms with Gasteiger partial charge in [-0.3, -0.25) is 14.5 Å². The quantitative estimate of drug-likeness (QED) is 0.744. The smallest absolute Gasteiger partial charge is 0.256 e. The summed E-state index contributed by atoms with van der Waals surface area (Å²) in [7, 11) is 1.47. The van der Waals surface area contributed by atoms with Gasteiger partial charge < -0.3 is 14.8 Å². The largest absolute Gasteiger partial charge is 0.595 e. The van der Waals surface area contributed by atoms with Crippen molar-refractivity contribution in [2.24, 2.45) is 0 Å². The van der Waals surface area contributed by atoms with Crippen LogP contribution in [0, 0.1) is 5.21 Å². The van der Waals surface area contributed by atoms with Gasteiger partial charge in [-0.25, -0.2) is 5.21 Å². The van der Waals surface area contributed by atoms with Gasteiger partial charge in [-0.1, -0.05) is 0 Å². The molecule has 0 saturated carbocycles. The van der Waals surface area contributed by atoms with E-state index in [4.69, 9.17) is 9.94 Å². The monoisotopic (exact) mass is 307 g/mol. The van der Waals surface area contributed by atoms with Crippen LogP contribution in [0.15, 0.2) is 18.2 Å². The SMILES string of the molecule is COCN1C(=O)C2CCCN2C(=O)c2cc([NH+]([O-])O)ccc21. The molecule has 0 radical (unpaired) electrons. The highest BCUT2D eigenvalue weighted by molar-refractivity contribution is 6.11. The molecule has 2 amide bonds. The van der Waals surface area contributed by atoms with E-state index in [0.717, 1.165) is 6.42 Å². The summed E-state index contributed by atoms with van der Waals surface area (Å²) >= 11 is 0. The minimum absolute atomic E-state index is 0.0227. The molecule has 1 fully saturated rings. The van der Waals surface area contributed by atoms with Gasteiger partial charge in [0.05, 0.1) is 11.3 Å². The maximum Gasteiger partial charge on any atom is 0.256 e. The summed E-state index contributed by atoms with van der Waals surface area (Å²) in [6, 6.07) is 3.72. The number of methoxy groups -OCH3 is 1. The number of benzene rings is 1. The fourth-order valence-corrected chi connectivity index (χ4v) is 3.06. The van der Waals surface area contributed by atoms with Crippen LogP contribution in [0.25, 0.3) is 0 Å². The van der Waals surface area contributed by atoms with Crippen LogP contribution in [-0.2, 0) is 9.53 Å². The Morgan fingerprint density at radius 3 is 2.91 bits per heavy atom. The fourth-order valence-electron chi connectivity index (χ4n) is 3.06. The number of carbonyl (C=O) groups is 2. The van der Waals surface area contributed by atoms with Crippen LogP contribution in [0.4, 0.5) is 11.4 Å². The Morgan fingerprint density at radius 1 is 1.45 bits per heavy atom. The Kier molecular flexibility index (Phi) is 3.83. The molecule has 8 nitrogen and oxygen atoms in total. The molecule has 1 saturated heterocycles. The molecule has 0 spiro atoms. The van der Waals surface area contributed by atoms with Gasteiger partial charge in [-0.2, -0.15) is 5.23 Å². The molecule has 1 aromatic rings. The lowest BCUT2D eigenvalue weighted by Crippen LogP contribution is -2.99. The number of carbonyl (C=O) groups excluding carboxylic acids is 2. The van der Waals surface area contributed by atoms with Gasteiger partial charge in [-0.05, 0) is 18.9 Å². The Morgan fingerprint density at radius 2 is 2.23 bits per heavy atom. The molecule has 0 aromatic heterocycles. The third kappa shape index (κ3) is 2.26. The van der Waals surface area contributed by atoms with Crippen molar-refractivity contribution in [3.8, 4) is 0 Å². The number of amides is 2. The summed E-state index contributed by atoms with van der Waals surface area (Å²) in [6.07, 6.45) is 1.38. The number of anilines is 1. The first-order valence-electron chi connectivity index (χ1n) is 7.03. The number of rotatable bonds is 3. The number of nitrogens with one attached hydrogen (secondary N) is 1. The van der Waals surface area contributed by atoms with Crippen molar-refractivity contribution in [2.45, 2.75) is 18.9 Å². The number of hydrogen-bond donors (Lipinski definition) is 2. The van der Waals surface area contributed by atoms with Crippen molar-refractivity contribution in [1.29, 1.82) is 0 Å². The number of ether oxygens (including phenoxy) is 1. The lowest BCUT2D eigenvalue weighted by Gasteiger charge is -2.25. The molecule has 118 valence electrons. The molecule has 2 heterocycles. The summed E-state index contributed by atoms with van der Waals surface area (Å²) in [5.41, 5.74) is 0.653. The molecule has 2 aliphatic rings. The zero-order valence-electron chi connectivity index (χ0n) is 12.1. The first kappa shape index (κ1) is 14.9. The minimum Gasteiger partial charge on any atom is -0.595 e. The van der Waals surface area contributed by atoms with Gasteiger partial charge in [-0.15, -0.1) is 0 Å². The summed E-state index contributed by atoms with van der Waals surface area (Å²) < 4.78 is 5.08. The number of quaternary nitrogens is 1. The van der Waals surface area contributed by atoms with E-state index in [2.05, 4.69) is 0 Å². The Bertz CT molecular complexity index is 618. The van der Waals surface area contributed by atoms with E-state index in [9.17, 15) is 14.8 Å². The van der Waals surface area contributed by atoms with Crippen LogP contribution in [0.1, 0.15) is 23.2 Å². The van der Waals surface area contributed by atoms with Crippen LogP contribution in [0.2, 0.25) is 0 Å². The summed E-state index contributed by atoms with van der Waals surface area (Å²) in [5.74, 6) is -0.484. The second-order valence-corrected chi connectivity index (χ2v) is 5.38. The Balaban J connectivity index is 2.14. The maximum atomic E-state index is 12.7. The first-order valence-corrected chi connectivity index (χ1v) is 7.03. The second-order valence-electron chi connectivity index (χ2n) is 5.38. The lowest BCUT2D eigenvalue weighted by atomic mass is 10.1. The molecule has 2 unspecified atom stereocenters. The van der Waals surface area contributed by atoms with Crippen molar-refractivity contribution < 1.29 is 24.8 Å². The molecule has 2 aliphatic heterocycles. The molecule has 8 heteroatoms. The van der Waals surface area contributed by atoms with Crippen LogP contribution in [0.3, 0.4) is 0 Å². The van der Waals surface area contributed by atoms with Crippen LogP contribution >= 0.6 is 0 Å². The van der Waals surface area contributed by atoms with Crippen molar-refractivity contribution >= 4 is 23.2 Å². The summed E-state index contributed by atoms with van der Waals surface area (Å²) in [5, 5.41) is 19.2. The average Bonchev–Trinajstić information content (AvgIpc) is 2.97. The maximum absolute atomic E-state index is 12.7. The first-order chi connectivity index (χ1) is 10.5. The van der Waals surface area contributed by atoms with Crippen LogP contribution < -0.4 is 10.1 Å². The molecule has 2 atom stereocenters. The minimum atomic E-state index is -1.11. The normalized spacial score (nSPS) is 22.4. The molecule has 3 rings (SSSR count). The molecule has 1 aromatic carbocycles. The third-order valence-electron chi connectivity index (χ3n) is 4.09.